The van der Waals surface area contributed by atoms with Gasteiger partial charge in [0.05, 0.1) is 6.54 Å². The largest absolute Gasteiger partial charge is 0.317 e. The zero-order valence-electron chi connectivity index (χ0n) is 11.5. The number of nitrogens with zero attached hydrogens (tertiary/aromatic N) is 2. The molecule has 6 nitrogen and oxygen atoms in total. The molecule has 0 aliphatic carbocycles. The Hall–Kier alpha value is -0.720. The molecule has 0 saturated carbocycles. The Morgan fingerprint density at radius 3 is 1.83 bits per heavy atom. The predicted octanol–water partition coefficient (Wildman–Crippen LogP) is 1.49. The summed E-state index contributed by atoms with van der Waals surface area (Å²) < 4.78 is 0. The molecule has 0 spiro atoms. The van der Waals surface area contributed by atoms with Gasteiger partial charge in [0.15, 0.2) is 0 Å². The third kappa shape index (κ3) is 15.3. The highest BCUT2D eigenvalue weighted by atomic mass is 15.3. The highest BCUT2D eigenvalue weighted by Gasteiger charge is 1.92. The van der Waals surface area contributed by atoms with Crippen LogP contribution in [0.4, 0.5) is 0 Å². The van der Waals surface area contributed by atoms with Crippen molar-refractivity contribution in [3.05, 3.63) is 0 Å². The normalized spacial score (nSPS) is 11.4. The maximum absolute atomic E-state index is 5.20. The average molecular weight is 258 g/mol. The van der Waals surface area contributed by atoms with Gasteiger partial charge in [-0.1, -0.05) is 30.9 Å². The van der Waals surface area contributed by atoms with E-state index in [9.17, 15) is 0 Å². The second kappa shape index (κ2) is 16.3. The number of nitrogens with one attached hydrogen (secondary N) is 2. The van der Waals surface area contributed by atoms with Gasteiger partial charge in [0, 0.05) is 6.54 Å². The highest BCUT2D eigenvalue weighted by molar-refractivity contribution is 4.52. The fourth-order valence-electron chi connectivity index (χ4n) is 1.80. The van der Waals surface area contributed by atoms with Crippen molar-refractivity contribution in [1.82, 2.24) is 10.7 Å². The molecule has 6 N–H and O–H groups in total. The monoisotopic (exact) mass is 258 g/mol. The van der Waals surface area contributed by atoms with Gasteiger partial charge in [0.1, 0.15) is 0 Å². The van der Waals surface area contributed by atoms with Gasteiger partial charge in [-0.15, -0.1) is 0 Å². The van der Waals surface area contributed by atoms with Gasteiger partial charge >= 0.3 is 0 Å². The van der Waals surface area contributed by atoms with Crippen molar-refractivity contribution < 1.29 is 0 Å². The lowest BCUT2D eigenvalue weighted by atomic mass is 10.2. The highest BCUT2D eigenvalue weighted by Crippen LogP contribution is 2.00. The molecule has 0 heterocycles. The minimum Gasteiger partial charge on any atom is -0.317 e. The first-order valence-electron chi connectivity index (χ1n) is 7.12. The molecule has 0 aliphatic heterocycles. The second-order valence-corrected chi connectivity index (χ2v) is 4.51. The number of hydrazine groups is 1. The van der Waals surface area contributed by atoms with E-state index < -0.39 is 0 Å². The van der Waals surface area contributed by atoms with E-state index in [1.165, 1.54) is 44.9 Å². The maximum Gasteiger partial charge on any atom is 0.0620 e. The standard InChI is InChI=1S/C12H30N6/c13-16-11-7-3-1-5-9-15-10-6-2-4-8-12-17-18-14/h15-16H,1-13H2,(H2,14,17). The topological polar surface area (TPSA) is 101 Å². The molecule has 0 bridgehead atoms. The Bertz CT molecular complexity index is 174. The first-order chi connectivity index (χ1) is 8.91. The molecule has 6 heteroatoms. The number of hydrogen-bond acceptors (Lipinski definition) is 5. The average Bonchev–Trinajstić information content (AvgIpc) is 2.39. The lowest BCUT2D eigenvalue weighted by Gasteiger charge is -2.04. The van der Waals surface area contributed by atoms with Gasteiger partial charge in [-0.3, -0.25) is 11.3 Å². The first kappa shape index (κ1) is 17.3. The van der Waals surface area contributed by atoms with Crippen LogP contribution < -0.4 is 22.4 Å². The van der Waals surface area contributed by atoms with Crippen molar-refractivity contribution in [3.8, 4) is 0 Å². The zero-order valence-corrected chi connectivity index (χ0v) is 11.5. The molecule has 0 aliphatic rings. The van der Waals surface area contributed by atoms with Crippen LogP contribution in [0, 0.1) is 0 Å². The van der Waals surface area contributed by atoms with E-state index in [1.54, 1.807) is 0 Å². The summed E-state index contributed by atoms with van der Waals surface area (Å²) in [4.78, 5) is 0. The lowest BCUT2D eigenvalue weighted by Crippen LogP contribution is -2.22. The van der Waals surface area contributed by atoms with E-state index in [4.69, 9.17) is 11.7 Å². The molecule has 0 amide bonds. The van der Waals surface area contributed by atoms with Crippen molar-refractivity contribution in [1.29, 1.82) is 0 Å². The van der Waals surface area contributed by atoms with Gasteiger partial charge in [0.25, 0.3) is 0 Å². The summed E-state index contributed by atoms with van der Waals surface area (Å²) in [5.74, 6) is 10.1. The summed E-state index contributed by atoms with van der Waals surface area (Å²) in [6.45, 7) is 3.96. The fourth-order valence-corrected chi connectivity index (χ4v) is 1.80. The summed E-state index contributed by atoms with van der Waals surface area (Å²) >= 11 is 0. The van der Waals surface area contributed by atoms with Crippen LogP contribution in [0.2, 0.25) is 0 Å². The van der Waals surface area contributed by atoms with Gasteiger partial charge in [0.2, 0.25) is 0 Å². The lowest BCUT2D eigenvalue weighted by molar-refractivity contribution is 0.548. The molecule has 0 fully saturated rings. The molecular formula is C12H30N6. The van der Waals surface area contributed by atoms with Crippen LogP contribution in [0.25, 0.3) is 0 Å². The van der Waals surface area contributed by atoms with Crippen molar-refractivity contribution in [2.24, 2.45) is 22.0 Å². The van der Waals surface area contributed by atoms with E-state index in [-0.39, 0.29) is 0 Å². The maximum atomic E-state index is 5.20. The van der Waals surface area contributed by atoms with E-state index >= 15 is 0 Å². The molecule has 0 radical (unpaired) electrons. The van der Waals surface area contributed by atoms with E-state index in [0.29, 0.717) is 0 Å². The molecule has 0 aromatic heterocycles. The quantitative estimate of drug-likeness (QED) is 0.164. The molecule has 0 aromatic carbocycles. The molecule has 0 atom stereocenters. The number of nitrogens with two attached hydrogens (primary N) is 2. The molecular weight excluding hydrogens is 228 g/mol. The van der Waals surface area contributed by atoms with Crippen molar-refractivity contribution in [3.63, 3.8) is 0 Å². The summed E-state index contributed by atoms with van der Waals surface area (Å²) in [7, 11) is 0. The van der Waals surface area contributed by atoms with Crippen LogP contribution >= 0.6 is 0 Å². The Morgan fingerprint density at radius 1 is 0.722 bits per heavy atom. The van der Waals surface area contributed by atoms with Gasteiger partial charge < -0.3 is 11.2 Å². The SMILES string of the molecule is NN=NCCCCCCNCCCCCCNN. The third-order valence-electron chi connectivity index (χ3n) is 2.87. The number of unbranched alkanes of at least 4 members (excludes halogenated alkanes) is 6. The Balaban J connectivity index is 2.90. The summed E-state index contributed by atoms with van der Waals surface area (Å²) in [5, 5.41) is 10.4. The number of rotatable bonds is 14. The van der Waals surface area contributed by atoms with Gasteiger partial charge in [-0.2, -0.15) is 5.11 Å². The van der Waals surface area contributed by atoms with Crippen LogP contribution in [0.3, 0.4) is 0 Å². The van der Waals surface area contributed by atoms with Crippen molar-refractivity contribution >= 4 is 0 Å². The van der Waals surface area contributed by atoms with Crippen LogP contribution in [0.15, 0.2) is 10.3 Å². The van der Waals surface area contributed by atoms with E-state index in [2.05, 4.69) is 21.1 Å². The molecule has 0 rings (SSSR count). The molecule has 108 valence electrons. The minimum atomic E-state index is 0.765. The number of hydrogen-bond donors (Lipinski definition) is 4. The Labute approximate surface area is 111 Å². The zero-order chi connectivity index (χ0) is 13.3. The van der Waals surface area contributed by atoms with Crippen LogP contribution in [0.1, 0.15) is 51.4 Å². The van der Waals surface area contributed by atoms with Gasteiger partial charge in [-0.05, 0) is 38.8 Å². The van der Waals surface area contributed by atoms with E-state index in [1.807, 2.05) is 0 Å². The van der Waals surface area contributed by atoms with Crippen molar-refractivity contribution in [2.75, 3.05) is 26.2 Å². The molecule has 0 aromatic rings. The van der Waals surface area contributed by atoms with Crippen LogP contribution in [0.5, 0.6) is 0 Å². The van der Waals surface area contributed by atoms with Crippen LogP contribution in [-0.4, -0.2) is 26.2 Å². The molecule has 0 saturated heterocycles. The minimum absolute atomic E-state index is 0.765. The summed E-state index contributed by atoms with van der Waals surface area (Å²) in [5.41, 5.74) is 2.68. The smallest absolute Gasteiger partial charge is 0.0620 e. The summed E-state index contributed by atoms with van der Waals surface area (Å²) in [6, 6.07) is 0. The molecule has 0 unspecified atom stereocenters. The molecule has 18 heavy (non-hydrogen) atoms. The second-order valence-electron chi connectivity index (χ2n) is 4.51. The van der Waals surface area contributed by atoms with Crippen LogP contribution in [-0.2, 0) is 0 Å². The van der Waals surface area contributed by atoms with Gasteiger partial charge in [-0.25, -0.2) is 0 Å². The first-order valence-corrected chi connectivity index (χ1v) is 7.12. The van der Waals surface area contributed by atoms with E-state index in [0.717, 1.165) is 32.6 Å². The fraction of sp³-hybridized carbons (Fsp3) is 1.00. The van der Waals surface area contributed by atoms with Crippen molar-refractivity contribution in [2.45, 2.75) is 51.4 Å². The predicted molar refractivity (Wildman–Crippen MR) is 75.9 cm³/mol. The summed E-state index contributed by atoms with van der Waals surface area (Å²) in [6.07, 6.45) is 9.81. The Morgan fingerprint density at radius 2 is 1.28 bits per heavy atom. The third-order valence-corrected chi connectivity index (χ3v) is 2.87. The Kier molecular flexibility index (Phi) is 15.6.